The highest BCUT2D eigenvalue weighted by Gasteiger charge is 2.20. The summed E-state index contributed by atoms with van der Waals surface area (Å²) in [6.45, 7) is 0.581. The molecule has 3 N–H and O–H groups in total. The third kappa shape index (κ3) is 5.93. The van der Waals surface area contributed by atoms with Gasteiger partial charge < -0.3 is 10.5 Å². The molecule has 1 aromatic rings. The van der Waals surface area contributed by atoms with Crippen LogP contribution in [0.3, 0.4) is 0 Å². The van der Waals surface area contributed by atoms with Crippen LogP contribution < -0.4 is 15.2 Å². The van der Waals surface area contributed by atoms with E-state index >= 15 is 0 Å². The number of sulfonamides is 1. The van der Waals surface area contributed by atoms with E-state index < -0.39 is 10.0 Å². The molecule has 0 atom stereocenters. The summed E-state index contributed by atoms with van der Waals surface area (Å²) in [5.74, 6) is 1.21. The van der Waals surface area contributed by atoms with E-state index in [0.717, 1.165) is 25.7 Å². The maximum absolute atomic E-state index is 12.0. The highest BCUT2D eigenvalue weighted by Crippen LogP contribution is 2.24. The van der Waals surface area contributed by atoms with Crippen LogP contribution in [0.15, 0.2) is 24.3 Å². The minimum Gasteiger partial charge on any atom is -0.492 e. The lowest BCUT2D eigenvalue weighted by Crippen LogP contribution is -2.33. The number of hydrogen-bond acceptors (Lipinski definition) is 4. The molecule has 1 saturated carbocycles. The number of hydrogen-bond donors (Lipinski definition) is 2. The van der Waals surface area contributed by atoms with Gasteiger partial charge in [0.25, 0.3) is 0 Å². The van der Waals surface area contributed by atoms with Crippen LogP contribution in [0.25, 0.3) is 0 Å². The van der Waals surface area contributed by atoms with Crippen molar-refractivity contribution >= 4 is 15.7 Å². The second-order valence-electron chi connectivity index (χ2n) is 5.60. The number of rotatable bonds is 7. The van der Waals surface area contributed by atoms with E-state index in [1.165, 1.54) is 6.42 Å². The smallest absolute Gasteiger partial charge is 0.211 e. The molecule has 0 saturated heterocycles. The third-order valence-electron chi connectivity index (χ3n) is 3.73. The number of nitrogen functional groups attached to an aromatic ring is 1. The summed E-state index contributed by atoms with van der Waals surface area (Å²) in [4.78, 5) is 0. The maximum atomic E-state index is 12.0. The highest BCUT2D eigenvalue weighted by molar-refractivity contribution is 7.89. The molecule has 5 nitrogen and oxygen atoms in total. The molecule has 0 spiro atoms. The van der Waals surface area contributed by atoms with Crippen molar-refractivity contribution in [2.45, 2.75) is 32.1 Å². The first-order chi connectivity index (χ1) is 10.1. The Morgan fingerprint density at radius 2 is 2.00 bits per heavy atom. The molecule has 118 valence electrons. The number of anilines is 1. The van der Waals surface area contributed by atoms with Crippen molar-refractivity contribution in [3.05, 3.63) is 24.3 Å². The zero-order chi connectivity index (χ0) is 15.1. The first-order valence-corrected chi connectivity index (χ1v) is 9.16. The van der Waals surface area contributed by atoms with Crippen LogP contribution >= 0.6 is 0 Å². The van der Waals surface area contributed by atoms with E-state index in [4.69, 9.17) is 10.5 Å². The lowest BCUT2D eigenvalue weighted by Gasteiger charge is -2.21. The van der Waals surface area contributed by atoms with E-state index in [-0.39, 0.29) is 12.3 Å². The third-order valence-corrected chi connectivity index (χ3v) is 5.28. The fraction of sp³-hybridized carbons (Fsp3) is 0.600. The van der Waals surface area contributed by atoms with Crippen molar-refractivity contribution in [1.29, 1.82) is 0 Å². The van der Waals surface area contributed by atoms with Gasteiger partial charge in [0, 0.05) is 18.3 Å². The summed E-state index contributed by atoms with van der Waals surface area (Å²) in [5, 5.41) is 0. The van der Waals surface area contributed by atoms with Crippen LogP contribution in [0.4, 0.5) is 5.69 Å². The van der Waals surface area contributed by atoms with Gasteiger partial charge in [0.15, 0.2) is 0 Å². The lowest BCUT2D eigenvalue weighted by molar-refractivity contribution is 0.322. The van der Waals surface area contributed by atoms with Crippen molar-refractivity contribution < 1.29 is 13.2 Å². The van der Waals surface area contributed by atoms with Crippen molar-refractivity contribution in [3.8, 4) is 5.75 Å². The van der Waals surface area contributed by atoms with Crippen molar-refractivity contribution in [3.63, 3.8) is 0 Å². The Labute approximate surface area is 126 Å². The zero-order valence-electron chi connectivity index (χ0n) is 12.3. The number of benzene rings is 1. The molecule has 21 heavy (non-hydrogen) atoms. The van der Waals surface area contributed by atoms with Gasteiger partial charge in [-0.15, -0.1) is 0 Å². The molecule has 0 radical (unpaired) electrons. The summed E-state index contributed by atoms with van der Waals surface area (Å²) in [6.07, 6.45) is 5.59. The van der Waals surface area contributed by atoms with Gasteiger partial charge in [-0.05, 0) is 30.9 Å². The molecule has 0 aliphatic heterocycles. The van der Waals surface area contributed by atoms with Crippen LogP contribution in [-0.2, 0) is 10.0 Å². The highest BCUT2D eigenvalue weighted by atomic mass is 32.2. The largest absolute Gasteiger partial charge is 0.492 e. The van der Waals surface area contributed by atoms with E-state index in [1.807, 2.05) is 0 Å². The van der Waals surface area contributed by atoms with Gasteiger partial charge in [-0.1, -0.05) is 25.3 Å². The maximum Gasteiger partial charge on any atom is 0.211 e. The predicted octanol–water partition coefficient (Wildman–Crippen LogP) is 2.15. The average Bonchev–Trinajstić information content (AvgIpc) is 2.44. The van der Waals surface area contributed by atoms with Gasteiger partial charge in [0.1, 0.15) is 12.4 Å². The SMILES string of the molecule is Nc1cccc(OCCNS(=O)(=O)CC2CCCCC2)c1. The van der Waals surface area contributed by atoms with Gasteiger partial charge >= 0.3 is 0 Å². The average molecular weight is 312 g/mol. The molecular formula is C15H24N2O3S. The monoisotopic (exact) mass is 312 g/mol. The second-order valence-corrected chi connectivity index (χ2v) is 7.45. The van der Waals surface area contributed by atoms with Gasteiger partial charge in [-0.2, -0.15) is 0 Å². The van der Waals surface area contributed by atoms with Crippen molar-refractivity contribution in [1.82, 2.24) is 4.72 Å². The Morgan fingerprint density at radius 1 is 1.24 bits per heavy atom. The van der Waals surface area contributed by atoms with Crippen LogP contribution in [-0.4, -0.2) is 27.3 Å². The first kappa shape index (κ1) is 16.1. The van der Waals surface area contributed by atoms with Crippen LogP contribution in [0, 0.1) is 5.92 Å². The summed E-state index contributed by atoms with van der Waals surface area (Å²) in [7, 11) is -3.20. The first-order valence-electron chi connectivity index (χ1n) is 7.51. The summed E-state index contributed by atoms with van der Waals surface area (Å²) in [5.41, 5.74) is 6.27. The van der Waals surface area contributed by atoms with Crippen molar-refractivity contribution in [2.75, 3.05) is 24.6 Å². The minimum atomic E-state index is -3.20. The van der Waals surface area contributed by atoms with E-state index in [0.29, 0.717) is 24.0 Å². The molecule has 1 aliphatic carbocycles. The van der Waals surface area contributed by atoms with E-state index in [9.17, 15) is 8.42 Å². The molecule has 0 heterocycles. The Balaban J connectivity index is 1.69. The Hall–Kier alpha value is -1.27. The molecule has 1 aliphatic rings. The normalized spacial score (nSPS) is 16.8. The molecule has 1 fully saturated rings. The molecule has 6 heteroatoms. The topological polar surface area (TPSA) is 81.4 Å². The molecule has 0 unspecified atom stereocenters. The van der Waals surface area contributed by atoms with Gasteiger partial charge in [-0.25, -0.2) is 13.1 Å². The Kier molecular flexibility index (Phi) is 5.87. The standard InChI is InChI=1S/C15H24N2O3S/c16-14-7-4-8-15(11-14)20-10-9-17-21(18,19)12-13-5-2-1-3-6-13/h4,7-8,11,13,17H,1-3,5-6,9-10,12,16H2. The van der Waals surface area contributed by atoms with Crippen LogP contribution in [0.2, 0.25) is 0 Å². The minimum absolute atomic E-state index is 0.241. The molecule has 0 amide bonds. The zero-order valence-corrected chi connectivity index (χ0v) is 13.1. The van der Waals surface area contributed by atoms with E-state index in [1.54, 1.807) is 24.3 Å². The number of nitrogens with two attached hydrogens (primary N) is 1. The Bertz CT molecular complexity index is 540. The fourth-order valence-corrected chi connectivity index (χ4v) is 4.16. The second kappa shape index (κ2) is 7.66. The molecule has 0 bridgehead atoms. The van der Waals surface area contributed by atoms with Crippen LogP contribution in [0.5, 0.6) is 5.75 Å². The van der Waals surface area contributed by atoms with Gasteiger partial charge in [0.05, 0.1) is 5.75 Å². The molecule has 2 rings (SSSR count). The number of nitrogens with one attached hydrogen (secondary N) is 1. The lowest BCUT2D eigenvalue weighted by atomic mass is 9.91. The van der Waals surface area contributed by atoms with E-state index in [2.05, 4.69) is 4.72 Å². The fourth-order valence-electron chi connectivity index (χ4n) is 2.69. The Morgan fingerprint density at radius 3 is 2.71 bits per heavy atom. The summed E-state index contributed by atoms with van der Waals surface area (Å²) in [6, 6.07) is 7.10. The van der Waals surface area contributed by atoms with Gasteiger partial charge in [0.2, 0.25) is 10.0 Å². The van der Waals surface area contributed by atoms with Crippen molar-refractivity contribution in [2.24, 2.45) is 5.92 Å². The predicted molar refractivity (Wildman–Crippen MR) is 84.7 cm³/mol. The molecular weight excluding hydrogens is 288 g/mol. The molecule has 0 aromatic heterocycles. The summed E-state index contributed by atoms with van der Waals surface area (Å²) < 4.78 is 32.0. The molecule has 1 aromatic carbocycles. The number of ether oxygens (including phenoxy) is 1. The quantitative estimate of drug-likeness (QED) is 0.597. The van der Waals surface area contributed by atoms with Gasteiger partial charge in [-0.3, -0.25) is 0 Å². The summed E-state index contributed by atoms with van der Waals surface area (Å²) >= 11 is 0. The van der Waals surface area contributed by atoms with Crippen LogP contribution in [0.1, 0.15) is 32.1 Å².